The van der Waals surface area contributed by atoms with E-state index >= 15 is 0 Å². The SMILES string of the molecule is C.C=C(C)/C=C(/CC)C(=C)C. The lowest BCUT2D eigenvalue weighted by atomic mass is 10.0. The third-order valence-corrected chi connectivity index (χ3v) is 1.35. The summed E-state index contributed by atoms with van der Waals surface area (Å²) in [4.78, 5) is 0. The molecule has 0 N–H and O–H groups in total. The van der Waals surface area contributed by atoms with Crippen LogP contribution in [0.15, 0.2) is 36.0 Å². The molecule has 11 heavy (non-hydrogen) atoms. The number of rotatable bonds is 3. The summed E-state index contributed by atoms with van der Waals surface area (Å²) >= 11 is 0. The first-order chi connectivity index (χ1) is 4.57. The molecule has 0 spiro atoms. The molecule has 0 aliphatic rings. The minimum absolute atomic E-state index is 0. The van der Waals surface area contributed by atoms with Gasteiger partial charge in [0.15, 0.2) is 0 Å². The molecule has 0 fully saturated rings. The van der Waals surface area contributed by atoms with Gasteiger partial charge in [-0.25, -0.2) is 0 Å². The molecule has 0 aromatic carbocycles. The van der Waals surface area contributed by atoms with Crippen LogP contribution in [0, 0.1) is 0 Å². The van der Waals surface area contributed by atoms with E-state index < -0.39 is 0 Å². The second-order valence-electron chi connectivity index (χ2n) is 2.65. The zero-order valence-corrected chi connectivity index (χ0v) is 7.20. The van der Waals surface area contributed by atoms with Crippen molar-refractivity contribution >= 4 is 0 Å². The first-order valence-corrected chi connectivity index (χ1v) is 3.60. The molecule has 0 atom stereocenters. The first kappa shape index (κ1) is 12.9. The Balaban J connectivity index is 0. The zero-order chi connectivity index (χ0) is 8.15. The minimum atomic E-state index is 0. The standard InChI is InChI=1S/C10H16.CH4/c1-6-10(9(4)5)7-8(2)3;/h7H,2,4,6H2,1,3,5H3;1H4/b10-7-;. The highest BCUT2D eigenvalue weighted by molar-refractivity contribution is 5.32. The number of allylic oxidation sites excluding steroid dienone is 4. The van der Waals surface area contributed by atoms with Gasteiger partial charge >= 0.3 is 0 Å². The summed E-state index contributed by atoms with van der Waals surface area (Å²) in [6, 6.07) is 0. The second kappa shape index (κ2) is 5.96. The fourth-order valence-electron chi connectivity index (χ4n) is 0.824. The predicted molar refractivity (Wildman–Crippen MR) is 54.7 cm³/mol. The quantitative estimate of drug-likeness (QED) is 0.534. The van der Waals surface area contributed by atoms with E-state index in [4.69, 9.17) is 0 Å². The van der Waals surface area contributed by atoms with Crippen LogP contribution in [-0.2, 0) is 0 Å². The van der Waals surface area contributed by atoms with Crippen molar-refractivity contribution in [3.8, 4) is 0 Å². The molecule has 0 unspecified atom stereocenters. The smallest absolute Gasteiger partial charge is 0.0305 e. The van der Waals surface area contributed by atoms with Crippen LogP contribution in [-0.4, -0.2) is 0 Å². The summed E-state index contributed by atoms with van der Waals surface area (Å²) in [6.07, 6.45) is 3.13. The van der Waals surface area contributed by atoms with E-state index in [2.05, 4.69) is 26.2 Å². The molecule has 0 heterocycles. The Labute approximate surface area is 71.3 Å². The molecule has 0 aliphatic heterocycles. The highest BCUT2D eigenvalue weighted by atomic mass is 14.0. The normalized spacial score (nSPS) is 10.3. The average molecular weight is 152 g/mol. The van der Waals surface area contributed by atoms with Crippen molar-refractivity contribution in [2.45, 2.75) is 34.6 Å². The Morgan fingerprint density at radius 3 is 1.82 bits per heavy atom. The summed E-state index contributed by atoms with van der Waals surface area (Å²) < 4.78 is 0. The van der Waals surface area contributed by atoms with Gasteiger partial charge in [-0.2, -0.15) is 0 Å². The summed E-state index contributed by atoms with van der Waals surface area (Å²) in [5.74, 6) is 0. The minimum Gasteiger partial charge on any atom is -0.0961 e. The Hall–Kier alpha value is -0.780. The van der Waals surface area contributed by atoms with Crippen molar-refractivity contribution in [1.82, 2.24) is 0 Å². The van der Waals surface area contributed by atoms with Crippen LogP contribution in [0.25, 0.3) is 0 Å². The van der Waals surface area contributed by atoms with Crippen molar-refractivity contribution < 1.29 is 0 Å². The Morgan fingerprint density at radius 2 is 1.73 bits per heavy atom. The van der Waals surface area contributed by atoms with Gasteiger partial charge in [0.1, 0.15) is 0 Å². The zero-order valence-electron chi connectivity index (χ0n) is 7.20. The largest absolute Gasteiger partial charge is 0.0961 e. The van der Waals surface area contributed by atoms with Gasteiger partial charge < -0.3 is 0 Å². The van der Waals surface area contributed by atoms with Gasteiger partial charge in [-0.05, 0) is 25.8 Å². The topological polar surface area (TPSA) is 0 Å². The van der Waals surface area contributed by atoms with Gasteiger partial charge in [-0.15, -0.1) is 0 Å². The second-order valence-corrected chi connectivity index (χ2v) is 2.65. The van der Waals surface area contributed by atoms with E-state index in [1.807, 2.05) is 13.8 Å². The Kier molecular flexibility index (Phi) is 6.97. The highest BCUT2D eigenvalue weighted by Crippen LogP contribution is 2.12. The number of hydrogen-bond donors (Lipinski definition) is 0. The highest BCUT2D eigenvalue weighted by Gasteiger charge is 1.92. The van der Waals surface area contributed by atoms with Gasteiger partial charge in [0.2, 0.25) is 0 Å². The van der Waals surface area contributed by atoms with E-state index in [9.17, 15) is 0 Å². The fraction of sp³-hybridized carbons (Fsp3) is 0.455. The maximum Gasteiger partial charge on any atom is -0.0305 e. The summed E-state index contributed by atoms with van der Waals surface area (Å²) in [6.45, 7) is 13.8. The van der Waals surface area contributed by atoms with Crippen molar-refractivity contribution in [3.63, 3.8) is 0 Å². The maximum absolute atomic E-state index is 3.87. The van der Waals surface area contributed by atoms with E-state index in [-0.39, 0.29) is 7.43 Å². The lowest BCUT2D eigenvalue weighted by molar-refractivity contribution is 1.10. The van der Waals surface area contributed by atoms with Gasteiger partial charge in [0, 0.05) is 0 Å². The lowest BCUT2D eigenvalue weighted by Gasteiger charge is -2.01. The first-order valence-electron chi connectivity index (χ1n) is 3.60. The molecule has 0 aliphatic carbocycles. The van der Waals surface area contributed by atoms with Crippen LogP contribution in [0.2, 0.25) is 0 Å². The molecular formula is C11H20. The number of hydrogen-bond acceptors (Lipinski definition) is 0. The molecule has 0 nitrogen and oxygen atoms in total. The Bertz CT molecular complexity index is 170. The predicted octanol–water partition coefficient (Wildman–Crippen LogP) is 4.11. The summed E-state index contributed by atoms with van der Waals surface area (Å²) in [5.41, 5.74) is 3.54. The molecule has 0 saturated heterocycles. The van der Waals surface area contributed by atoms with Gasteiger partial charge in [-0.3, -0.25) is 0 Å². The van der Waals surface area contributed by atoms with Crippen LogP contribution >= 0.6 is 0 Å². The Morgan fingerprint density at radius 1 is 1.27 bits per heavy atom. The van der Waals surface area contributed by atoms with Gasteiger partial charge in [-0.1, -0.05) is 44.7 Å². The molecule has 0 aromatic rings. The molecular weight excluding hydrogens is 132 g/mol. The molecule has 0 heteroatoms. The molecule has 0 rings (SSSR count). The molecule has 0 bridgehead atoms. The van der Waals surface area contributed by atoms with Crippen LogP contribution in [0.5, 0.6) is 0 Å². The fourth-order valence-corrected chi connectivity index (χ4v) is 0.824. The van der Waals surface area contributed by atoms with E-state index in [0.717, 1.165) is 17.6 Å². The summed E-state index contributed by atoms with van der Waals surface area (Å²) in [5, 5.41) is 0. The average Bonchev–Trinajstić information content (AvgIpc) is 1.81. The van der Waals surface area contributed by atoms with Crippen molar-refractivity contribution in [2.75, 3.05) is 0 Å². The van der Waals surface area contributed by atoms with Gasteiger partial charge in [0.25, 0.3) is 0 Å². The van der Waals surface area contributed by atoms with E-state index in [1.165, 1.54) is 5.57 Å². The monoisotopic (exact) mass is 152 g/mol. The van der Waals surface area contributed by atoms with Crippen molar-refractivity contribution in [2.24, 2.45) is 0 Å². The maximum atomic E-state index is 3.87. The van der Waals surface area contributed by atoms with Crippen LogP contribution in [0.4, 0.5) is 0 Å². The molecule has 64 valence electrons. The van der Waals surface area contributed by atoms with E-state index in [0.29, 0.717) is 0 Å². The molecule has 0 amide bonds. The third kappa shape index (κ3) is 5.65. The van der Waals surface area contributed by atoms with Crippen molar-refractivity contribution in [3.05, 3.63) is 36.0 Å². The molecule has 0 saturated carbocycles. The molecule has 0 radical (unpaired) electrons. The lowest BCUT2D eigenvalue weighted by Crippen LogP contribution is -1.81. The third-order valence-electron chi connectivity index (χ3n) is 1.35. The molecule has 0 aromatic heterocycles. The van der Waals surface area contributed by atoms with Crippen LogP contribution < -0.4 is 0 Å². The van der Waals surface area contributed by atoms with Crippen LogP contribution in [0.1, 0.15) is 34.6 Å². The summed E-state index contributed by atoms with van der Waals surface area (Å²) in [7, 11) is 0. The van der Waals surface area contributed by atoms with Crippen molar-refractivity contribution in [1.29, 1.82) is 0 Å². The van der Waals surface area contributed by atoms with Gasteiger partial charge in [0.05, 0.1) is 0 Å². The van der Waals surface area contributed by atoms with Crippen LogP contribution in [0.3, 0.4) is 0 Å². The van der Waals surface area contributed by atoms with E-state index in [1.54, 1.807) is 0 Å².